The number of hydrogen-bond donors (Lipinski definition) is 0. The second kappa shape index (κ2) is 8.85. The molecule has 0 saturated carbocycles. The molecule has 3 rings (SSSR count). The summed E-state index contributed by atoms with van der Waals surface area (Å²) in [6.45, 7) is 4.83. The first kappa shape index (κ1) is 21.2. The van der Waals surface area contributed by atoms with Crippen LogP contribution in [0, 0.1) is 37.5 Å². The summed E-state index contributed by atoms with van der Waals surface area (Å²) >= 11 is 0. The zero-order valence-corrected chi connectivity index (χ0v) is 17.4. The van der Waals surface area contributed by atoms with Crippen LogP contribution in [-0.4, -0.2) is 7.11 Å². The molecule has 0 aliphatic rings. The molecule has 0 amide bonds. The molecule has 3 aromatic carbocycles. The number of ether oxygens (including phenoxy) is 1. The van der Waals surface area contributed by atoms with Gasteiger partial charge in [0.25, 0.3) is 5.92 Å². The van der Waals surface area contributed by atoms with E-state index in [0.29, 0.717) is 5.56 Å². The van der Waals surface area contributed by atoms with E-state index in [0.717, 1.165) is 29.2 Å². The van der Waals surface area contributed by atoms with E-state index >= 15 is 0 Å². The summed E-state index contributed by atoms with van der Waals surface area (Å²) < 4.78 is 34.2. The highest BCUT2D eigenvalue weighted by Crippen LogP contribution is 2.35. The molecule has 30 heavy (non-hydrogen) atoms. The van der Waals surface area contributed by atoms with Crippen molar-refractivity contribution < 1.29 is 13.5 Å². The van der Waals surface area contributed by atoms with Gasteiger partial charge in [0.2, 0.25) is 0 Å². The molecule has 150 valence electrons. The molecule has 0 aliphatic carbocycles. The Balaban J connectivity index is 2.07. The fourth-order valence-electron chi connectivity index (χ4n) is 2.88. The van der Waals surface area contributed by atoms with Gasteiger partial charge in [0.05, 0.1) is 12.7 Å². The van der Waals surface area contributed by atoms with E-state index in [4.69, 9.17) is 4.74 Å². The number of hydrogen-bond acceptors (Lipinski definition) is 1. The average Bonchev–Trinajstić information content (AvgIpc) is 2.72. The Morgan fingerprint density at radius 2 is 1.17 bits per heavy atom. The quantitative estimate of drug-likeness (QED) is 0.464. The predicted molar refractivity (Wildman–Crippen MR) is 117 cm³/mol. The van der Waals surface area contributed by atoms with Crippen LogP contribution in [0.2, 0.25) is 0 Å². The van der Waals surface area contributed by atoms with Crippen molar-refractivity contribution in [1.82, 2.24) is 0 Å². The lowest BCUT2D eigenvalue weighted by molar-refractivity contribution is 0.0170. The van der Waals surface area contributed by atoms with E-state index in [1.54, 1.807) is 6.07 Å². The molecule has 0 spiro atoms. The van der Waals surface area contributed by atoms with Crippen molar-refractivity contribution in [3.63, 3.8) is 0 Å². The monoisotopic (exact) mass is 400 g/mol. The van der Waals surface area contributed by atoms with Crippen molar-refractivity contribution in [2.75, 3.05) is 7.11 Å². The van der Waals surface area contributed by atoms with Gasteiger partial charge in [-0.05, 0) is 50.2 Å². The topological polar surface area (TPSA) is 9.23 Å². The summed E-state index contributed by atoms with van der Waals surface area (Å²) in [5, 5.41) is 0. The Hall–Kier alpha value is -3.56. The molecule has 0 atom stereocenters. The maximum Gasteiger partial charge on any atom is 0.271 e. The zero-order chi connectivity index (χ0) is 21.7. The molecule has 3 heteroatoms. The standard InChI is InChI=1S/C27H22F2O/c1-19-5-9-21(10-6-19)13-14-23-17-25(27(3,28)29)24(26(18-23)30-4)16-15-22-11-7-20(2)8-12-22/h5-12,17-18H,1-4H3. The minimum atomic E-state index is -3.09. The van der Waals surface area contributed by atoms with Crippen molar-refractivity contribution >= 4 is 0 Å². The Bertz CT molecular complexity index is 1160. The van der Waals surface area contributed by atoms with Crippen molar-refractivity contribution in [3.05, 3.63) is 99.6 Å². The van der Waals surface area contributed by atoms with Gasteiger partial charge >= 0.3 is 0 Å². The molecule has 0 aromatic heterocycles. The van der Waals surface area contributed by atoms with Gasteiger partial charge in [-0.25, -0.2) is 8.78 Å². The summed E-state index contributed by atoms with van der Waals surface area (Å²) in [5.41, 5.74) is 4.22. The van der Waals surface area contributed by atoms with Crippen LogP contribution in [0.15, 0.2) is 60.7 Å². The average molecular weight is 400 g/mol. The first-order chi connectivity index (χ1) is 14.3. The van der Waals surface area contributed by atoms with Crippen LogP contribution in [0.1, 0.15) is 45.9 Å². The maximum absolute atomic E-state index is 14.4. The second-order valence-corrected chi connectivity index (χ2v) is 7.22. The van der Waals surface area contributed by atoms with Crippen molar-refractivity contribution in [2.24, 2.45) is 0 Å². The minimum absolute atomic E-state index is 0.173. The predicted octanol–water partition coefficient (Wildman–Crippen LogP) is 6.22. The Morgan fingerprint density at radius 1 is 0.700 bits per heavy atom. The Morgan fingerprint density at radius 3 is 1.63 bits per heavy atom. The summed E-state index contributed by atoms with van der Waals surface area (Å²) in [6, 6.07) is 18.3. The maximum atomic E-state index is 14.4. The number of aryl methyl sites for hydroxylation is 2. The normalized spacial score (nSPS) is 10.5. The van der Waals surface area contributed by atoms with Crippen molar-refractivity contribution in [2.45, 2.75) is 26.7 Å². The first-order valence-electron chi connectivity index (χ1n) is 9.54. The van der Waals surface area contributed by atoms with Crippen LogP contribution in [-0.2, 0) is 5.92 Å². The van der Waals surface area contributed by atoms with Crippen molar-refractivity contribution in [1.29, 1.82) is 0 Å². The van der Waals surface area contributed by atoms with Crippen LogP contribution in [0.5, 0.6) is 5.75 Å². The van der Waals surface area contributed by atoms with E-state index in [9.17, 15) is 8.78 Å². The van der Waals surface area contributed by atoms with Gasteiger partial charge in [-0.15, -0.1) is 0 Å². The number of alkyl halides is 2. The third-order valence-electron chi connectivity index (χ3n) is 4.58. The van der Waals surface area contributed by atoms with Gasteiger partial charge < -0.3 is 4.74 Å². The van der Waals surface area contributed by atoms with E-state index in [1.165, 1.54) is 13.2 Å². The number of benzene rings is 3. The third kappa shape index (κ3) is 5.28. The van der Waals surface area contributed by atoms with E-state index < -0.39 is 5.92 Å². The highest BCUT2D eigenvalue weighted by Gasteiger charge is 2.29. The fraction of sp³-hybridized carbons (Fsp3) is 0.185. The molecular weight excluding hydrogens is 378 g/mol. The van der Waals surface area contributed by atoms with Crippen LogP contribution in [0.3, 0.4) is 0 Å². The SMILES string of the molecule is COc1cc(C#Cc2ccc(C)cc2)cc(C(C)(F)F)c1C#Cc1ccc(C)cc1. The van der Waals surface area contributed by atoms with Gasteiger partial charge in [-0.3, -0.25) is 0 Å². The van der Waals surface area contributed by atoms with Gasteiger partial charge in [0.15, 0.2) is 0 Å². The van der Waals surface area contributed by atoms with Gasteiger partial charge in [0.1, 0.15) is 5.75 Å². The van der Waals surface area contributed by atoms with Gasteiger partial charge in [0, 0.05) is 29.2 Å². The van der Waals surface area contributed by atoms with Crippen LogP contribution >= 0.6 is 0 Å². The van der Waals surface area contributed by atoms with Gasteiger partial charge in [-0.2, -0.15) is 0 Å². The molecule has 0 fully saturated rings. The van der Waals surface area contributed by atoms with Crippen molar-refractivity contribution in [3.8, 4) is 29.4 Å². The molecule has 0 N–H and O–H groups in total. The van der Waals surface area contributed by atoms with Crippen LogP contribution in [0.4, 0.5) is 8.78 Å². The molecule has 0 heterocycles. The number of halogens is 2. The molecule has 3 aromatic rings. The molecular formula is C27H22F2O. The molecule has 1 nitrogen and oxygen atoms in total. The molecule has 0 radical (unpaired) electrons. The number of methoxy groups -OCH3 is 1. The Labute approximate surface area is 176 Å². The summed E-state index contributed by atoms with van der Waals surface area (Å²) in [5.74, 6) is 9.00. The third-order valence-corrected chi connectivity index (χ3v) is 4.58. The minimum Gasteiger partial charge on any atom is -0.495 e. The lowest BCUT2D eigenvalue weighted by atomic mass is 9.98. The lowest BCUT2D eigenvalue weighted by Crippen LogP contribution is -2.11. The summed E-state index contributed by atoms with van der Waals surface area (Å²) in [7, 11) is 1.45. The lowest BCUT2D eigenvalue weighted by Gasteiger charge is -2.16. The summed E-state index contributed by atoms with van der Waals surface area (Å²) in [4.78, 5) is 0. The van der Waals surface area contributed by atoms with Crippen LogP contribution < -0.4 is 4.74 Å². The fourth-order valence-corrected chi connectivity index (χ4v) is 2.88. The molecule has 0 bridgehead atoms. The smallest absolute Gasteiger partial charge is 0.271 e. The van der Waals surface area contributed by atoms with E-state index in [2.05, 4.69) is 23.7 Å². The molecule has 0 aliphatic heterocycles. The summed E-state index contributed by atoms with van der Waals surface area (Å²) in [6.07, 6.45) is 0. The Kier molecular flexibility index (Phi) is 6.24. The highest BCUT2D eigenvalue weighted by molar-refractivity contribution is 5.59. The second-order valence-electron chi connectivity index (χ2n) is 7.22. The van der Waals surface area contributed by atoms with Crippen LogP contribution in [0.25, 0.3) is 0 Å². The largest absolute Gasteiger partial charge is 0.495 e. The molecule has 0 saturated heterocycles. The highest BCUT2D eigenvalue weighted by atomic mass is 19.3. The molecule has 0 unspecified atom stereocenters. The first-order valence-corrected chi connectivity index (χ1v) is 9.54. The number of rotatable bonds is 2. The van der Waals surface area contributed by atoms with E-state index in [-0.39, 0.29) is 16.9 Å². The van der Waals surface area contributed by atoms with Gasteiger partial charge in [-0.1, -0.05) is 59.1 Å². The zero-order valence-electron chi connectivity index (χ0n) is 17.4. The van der Waals surface area contributed by atoms with E-state index in [1.807, 2.05) is 62.4 Å².